The summed E-state index contributed by atoms with van der Waals surface area (Å²) in [4.78, 5) is 10.2. The van der Waals surface area contributed by atoms with Crippen LogP contribution in [0, 0.1) is 0 Å². The number of hydrogen-bond acceptors (Lipinski definition) is 8. The van der Waals surface area contributed by atoms with E-state index in [1.807, 2.05) is 79.0 Å². The van der Waals surface area contributed by atoms with Gasteiger partial charge in [0.05, 0.1) is 21.5 Å². The van der Waals surface area contributed by atoms with Crippen LogP contribution in [0.5, 0.6) is 0 Å². The Bertz CT molecular complexity index is 2710. The highest BCUT2D eigenvalue weighted by molar-refractivity contribution is 7.89. The molecule has 0 saturated carbocycles. The lowest BCUT2D eigenvalue weighted by Crippen LogP contribution is -2.45. The summed E-state index contributed by atoms with van der Waals surface area (Å²) in [5.74, 6) is 0. The highest BCUT2D eigenvalue weighted by atomic mass is 32.2. The van der Waals surface area contributed by atoms with Crippen molar-refractivity contribution in [2.75, 3.05) is 44.2 Å². The van der Waals surface area contributed by atoms with Gasteiger partial charge in [-0.25, -0.2) is 16.8 Å². The molecule has 1 aliphatic carbocycles. The minimum Gasteiger partial charge on any atom is -0.369 e. The average molecular weight is 881 g/mol. The fourth-order valence-electron chi connectivity index (χ4n) is 9.30. The van der Waals surface area contributed by atoms with Crippen molar-refractivity contribution >= 4 is 25.7 Å². The molecule has 0 bridgehead atoms. The van der Waals surface area contributed by atoms with Crippen LogP contribution < -0.4 is 10.2 Å². The Balaban J connectivity index is 0.000000160. The number of hydrogen-bond donors (Lipinski definition) is 1. The van der Waals surface area contributed by atoms with Crippen molar-refractivity contribution < 1.29 is 16.8 Å². The molecule has 10 rings (SSSR count). The van der Waals surface area contributed by atoms with Crippen LogP contribution in [-0.2, 0) is 65.5 Å². The van der Waals surface area contributed by atoms with E-state index >= 15 is 0 Å². The zero-order valence-corrected chi connectivity index (χ0v) is 37.4. The van der Waals surface area contributed by atoms with Crippen LogP contribution in [0.25, 0.3) is 0 Å². The predicted octanol–water partition coefficient (Wildman–Crippen LogP) is 7.75. The molecule has 1 saturated heterocycles. The van der Waals surface area contributed by atoms with Crippen molar-refractivity contribution in [3.63, 3.8) is 0 Å². The number of aryl methyl sites for hydroxylation is 1. The van der Waals surface area contributed by atoms with Crippen molar-refractivity contribution in [2.45, 2.75) is 74.1 Å². The molecule has 1 fully saturated rings. The van der Waals surface area contributed by atoms with Crippen molar-refractivity contribution in [1.29, 1.82) is 0 Å². The lowest BCUT2D eigenvalue weighted by Gasteiger charge is -2.36. The van der Waals surface area contributed by atoms with Gasteiger partial charge in [0.15, 0.2) is 0 Å². The topological polar surface area (TPSA) is 106 Å². The number of anilines is 1. The van der Waals surface area contributed by atoms with Gasteiger partial charge in [-0.15, -0.1) is 0 Å². The number of aromatic nitrogens is 1. The quantitative estimate of drug-likeness (QED) is 0.149. The van der Waals surface area contributed by atoms with Gasteiger partial charge in [-0.3, -0.25) is 9.88 Å². The first kappa shape index (κ1) is 43.1. The van der Waals surface area contributed by atoms with Crippen molar-refractivity contribution in [3.8, 4) is 0 Å². The van der Waals surface area contributed by atoms with E-state index in [-0.39, 0.29) is 6.04 Å². The largest absolute Gasteiger partial charge is 0.369 e. The Morgan fingerprint density at radius 1 is 0.524 bits per heavy atom. The number of pyridine rings is 1. The molecule has 1 N–H and O–H groups in total. The molecule has 63 heavy (non-hydrogen) atoms. The monoisotopic (exact) mass is 880 g/mol. The molecule has 6 aromatic rings. The van der Waals surface area contributed by atoms with Crippen LogP contribution in [0.2, 0.25) is 0 Å². The van der Waals surface area contributed by atoms with Gasteiger partial charge in [0.25, 0.3) is 0 Å². The van der Waals surface area contributed by atoms with Crippen molar-refractivity contribution in [1.82, 2.24) is 23.8 Å². The van der Waals surface area contributed by atoms with Crippen LogP contribution in [0.15, 0.2) is 156 Å². The average Bonchev–Trinajstić information content (AvgIpc) is 3.34. The van der Waals surface area contributed by atoms with Gasteiger partial charge in [-0.05, 0) is 114 Å². The van der Waals surface area contributed by atoms with Gasteiger partial charge < -0.3 is 10.2 Å². The Morgan fingerprint density at radius 2 is 1.05 bits per heavy atom. The summed E-state index contributed by atoms with van der Waals surface area (Å²) in [6.07, 6.45) is 6.71. The molecular formula is C51H56N6O4S2. The number of nitrogens with zero attached hydrogens (tertiary/aromatic N) is 5. The third-order valence-electron chi connectivity index (χ3n) is 13.0. The molecule has 4 aliphatic rings. The molecule has 326 valence electrons. The number of piperazine rings is 1. The maximum Gasteiger partial charge on any atom is 0.243 e. The fourth-order valence-corrected chi connectivity index (χ4v) is 12.1. The molecule has 5 aromatic carbocycles. The van der Waals surface area contributed by atoms with Gasteiger partial charge in [-0.1, -0.05) is 97.1 Å². The second kappa shape index (κ2) is 19.3. The van der Waals surface area contributed by atoms with Gasteiger partial charge in [0.1, 0.15) is 0 Å². The molecule has 1 atom stereocenters. The van der Waals surface area contributed by atoms with Gasteiger partial charge in [0.2, 0.25) is 20.0 Å². The zero-order chi connectivity index (χ0) is 43.2. The molecule has 0 amide bonds. The first-order valence-electron chi connectivity index (χ1n) is 22.2. The number of rotatable bonds is 10. The second-order valence-corrected chi connectivity index (χ2v) is 20.9. The molecule has 0 spiro atoms. The Hall–Kier alpha value is -5.21. The number of fused-ring (bicyclic) bond motifs is 3. The molecule has 12 heteroatoms. The predicted molar refractivity (Wildman–Crippen MR) is 249 cm³/mol. The molecule has 4 heterocycles. The summed E-state index contributed by atoms with van der Waals surface area (Å²) in [5.41, 5.74) is 10.7. The van der Waals surface area contributed by atoms with Crippen molar-refractivity contribution in [3.05, 3.63) is 190 Å². The van der Waals surface area contributed by atoms with E-state index < -0.39 is 20.0 Å². The highest BCUT2D eigenvalue weighted by Crippen LogP contribution is 2.30. The normalized spacial score (nSPS) is 18.3. The molecule has 10 nitrogen and oxygen atoms in total. The zero-order valence-electron chi connectivity index (χ0n) is 35.7. The van der Waals surface area contributed by atoms with E-state index in [4.69, 9.17) is 0 Å². The van der Waals surface area contributed by atoms with Gasteiger partial charge >= 0.3 is 0 Å². The molecule has 3 aliphatic heterocycles. The summed E-state index contributed by atoms with van der Waals surface area (Å²) in [6.45, 7) is 7.51. The highest BCUT2D eigenvalue weighted by Gasteiger charge is 2.30. The van der Waals surface area contributed by atoms with Gasteiger partial charge in [0, 0.05) is 77.3 Å². The third kappa shape index (κ3) is 9.97. The minimum atomic E-state index is -3.49. The van der Waals surface area contributed by atoms with Crippen LogP contribution >= 0.6 is 0 Å². The van der Waals surface area contributed by atoms with Crippen LogP contribution in [0.4, 0.5) is 5.69 Å². The molecule has 0 radical (unpaired) electrons. The van der Waals surface area contributed by atoms with Crippen LogP contribution in [0.1, 0.15) is 63.5 Å². The lowest BCUT2D eigenvalue weighted by atomic mass is 9.92. The Kier molecular flexibility index (Phi) is 13.2. The summed E-state index contributed by atoms with van der Waals surface area (Å²) < 4.78 is 55.9. The standard InChI is InChI=1S/C26H29N3O2S.C25H27N3O2S/c30-32(31,29-15-14-23-6-4-5-7-24(23)21-29)26-12-10-22(11-13-26)20-27-16-18-28(19-17-27)25-8-2-1-3-9-25;29-31(30,28-16-14-20-5-1-2-6-22(20)18-28)23-12-10-19(11-13-23)17-27-24-9-3-7-21-8-4-15-26-25(21)24/h1-13H,14-21H2;1-2,4-6,8,10-13,15,24,27H,3,7,9,14,16-18H2. The second-order valence-electron chi connectivity index (χ2n) is 17.0. The number of nitrogens with one attached hydrogen (secondary N) is 1. The SMILES string of the molecule is O=S(=O)(c1ccc(CN2CCN(c3ccccc3)CC2)cc1)N1CCc2ccccc2C1.O=S(=O)(c1ccc(CNC2CCCc3cccnc32)cc1)N1CCc2ccccc2C1. The molecular weight excluding hydrogens is 825 g/mol. The first-order valence-corrected chi connectivity index (χ1v) is 25.1. The van der Waals surface area contributed by atoms with E-state index in [0.29, 0.717) is 42.5 Å². The van der Waals surface area contributed by atoms with Gasteiger partial charge in [-0.2, -0.15) is 8.61 Å². The van der Waals surface area contributed by atoms with Crippen LogP contribution in [0.3, 0.4) is 0 Å². The Morgan fingerprint density at radius 3 is 1.63 bits per heavy atom. The number of benzene rings is 5. The summed E-state index contributed by atoms with van der Waals surface area (Å²) >= 11 is 0. The van der Waals surface area contributed by atoms with E-state index in [0.717, 1.165) is 92.8 Å². The maximum absolute atomic E-state index is 13.2. The third-order valence-corrected chi connectivity index (χ3v) is 16.7. The van der Waals surface area contributed by atoms with Crippen molar-refractivity contribution in [2.24, 2.45) is 0 Å². The number of sulfonamides is 2. The van der Waals surface area contributed by atoms with E-state index in [1.165, 1.54) is 22.4 Å². The fraction of sp³-hybridized carbons (Fsp3) is 0.314. The number of para-hydroxylation sites is 1. The first-order chi connectivity index (χ1) is 30.7. The summed E-state index contributed by atoms with van der Waals surface area (Å²) in [6, 6.07) is 45.9. The Labute approximate surface area is 373 Å². The molecule has 1 aromatic heterocycles. The van der Waals surface area contributed by atoms with E-state index in [2.05, 4.69) is 62.6 Å². The maximum atomic E-state index is 13.2. The molecule has 1 unspecified atom stereocenters. The van der Waals surface area contributed by atoms with E-state index in [9.17, 15) is 16.8 Å². The summed E-state index contributed by atoms with van der Waals surface area (Å²) in [5, 5.41) is 3.60. The smallest absolute Gasteiger partial charge is 0.243 e. The minimum absolute atomic E-state index is 0.252. The van der Waals surface area contributed by atoms with E-state index in [1.54, 1.807) is 32.9 Å². The summed E-state index contributed by atoms with van der Waals surface area (Å²) in [7, 11) is -6.97. The lowest BCUT2D eigenvalue weighted by molar-refractivity contribution is 0.250. The van der Waals surface area contributed by atoms with Crippen LogP contribution in [-0.4, -0.2) is 74.6 Å².